The van der Waals surface area contributed by atoms with Gasteiger partial charge < -0.3 is 19.8 Å². The zero-order chi connectivity index (χ0) is 26.3. The molecule has 8 nitrogen and oxygen atoms in total. The van der Waals surface area contributed by atoms with Crippen molar-refractivity contribution in [1.29, 1.82) is 0 Å². The highest BCUT2D eigenvalue weighted by atomic mass is 32.2. The molecule has 0 amide bonds. The Morgan fingerprint density at radius 1 is 1.08 bits per heavy atom. The Balaban J connectivity index is 1.16. The van der Waals surface area contributed by atoms with Crippen LogP contribution in [0.4, 0.5) is 4.39 Å². The predicted octanol–water partition coefficient (Wildman–Crippen LogP) is 4.80. The van der Waals surface area contributed by atoms with Gasteiger partial charge in [-0.05, 0) is 66.0 Å². The number of carbonyl (C=O) groups is 1. The summed E-state index contributed by atoms with van der Waals surface area (Å²) in [6.07, 6.45) is 0.154. The highest BCUT2D eigenvalue weighted by Crippen LogP contribution is 2.33. The average molecular weight is 529 g/mol. The molecular weight excluding hydrogens is 507 g/mol. The summed E-state index contributed by atoms with van der Waals surface area (Å²) in [5, 5.41) is 11.9. The van der Waals surface area contributed by atoms with Crippen LogP contribution in [0.15, 0.2) is 82.6 Å². The number of nitrogens with one attached hydrogen (secondary N) is 2. The first-order chi connectivity index (χ1) is 18.4. The van der Waals surface area contributed by atoms with Crippen LogP contribution in [0.1, 0.15) is 5.69 Å². The fourth-order valence-corrected chi connectivity index (χ4v) is 5.58. The molecule has 0 bridgehead atoms. The van der Waals surface area contributed by atoms with E-state index in [1.54, 1.807) is 48.5 Å². The van der Waals surface area contributed by atoms with Gasteiger partial charge in [-0.1, -0.05) is 12.1 Å². The minimum atomic E-state index is -1.33. The molecule has 0 spiro atoms. The molecule has 1 unspecified atom stereocenters. The van der Waals surface area contributed by atoms with Gasteiger partial charge in [0.25, 0.3) is 5.56 Å². The van der Waals surface area contributed by atoms with Gasteiger partial charge >= 0.3 is 5.97 Å². The molecule has 5 aromatic rings. The van der Waals surface area contributed by atoms with E-state index in [1.807, 2.05) is 12.1 Å². The number of aliphatic imine (C=N–C) groups is 1. The molecule has 1 aliphatic rings. The lowest BCUT2D eigenvalue weighted by molar-refractivity contribution is -0.142. The van der Waals surface area contributed by atoms with Crippen molar-refractivity contribution in [2.24, 2.45) is 4.99 Å². The quantitative estimate of drug-likeness (QED) is 0.279. The number of thioether (sulfide) groups is 1. The number of carboxylic acids is 1. The topological polar surface area (TPSA) is 120 Å². The molecule has 1 atom stereocenters. The molecule has 3 N–H and O–H groups in total. The number of fused-ring (bicyclic) bond motifs is 2. The van der Waals surface area contributed by atoms with Crippen LogP contribution in [0.3, 0.4) is 0 Å². The number of H-pyrrole nitrogens is 2. The number of aromatic amines is 2. The van der Waals surface area contributed by atoms with Gasteiger partial charge in [0.05, 0.1) is 10.9 Å². The van der Waals surface area contributed by atoms with E-state index >= 15 is 0 Å². The second-order valence-corrected chi connectivity index (χ2v) is 10.1. The van der Waals surface area contributed by atoms with Crippen LogP contribution >= 0.6 is 11.8 Å². The Bertz CT molecular complexity index is 1780. The van der Waals surface area contributed by atoms with Crippen molar-refractivity contribution in [2.75, 3.05) is 12.4 Å². The van der Waals surface area contributed by atoms with Crippen molar-refractivity contribution in [3.05, 3.63) is 94.7 Å². The first kappa shape index (κ1) is 23.9. The van der Waals surface area contributed by atoms with E-state index in [1.165, 1.54) is 23.9 Å². The number of aliphatic carboxylic acids is 1. The molecular formula is C28H21FN4O4S. The fraction of sp³-hybridized carbons (Fsp3) is 0.143. The summed E-state index contributed by atoms with van der Waals surface area (Å²) < 4.78 is 19.4. The van der Waals surface area contributed by atoms with Gasteiger partial charge in [0, 0.05) is 28.9 Å². The van der Waals surface area contributed by atoms with E-state index in [9.17, 15) is 19.1 Å². The Hall–Kier alpha value is -4.44. The van der Waals surface area contributed by atoms with Crippen molar-refractivity contribution >= 4 is 44.6 Å². The summed E-state index contributed by atoms with van der Waals surface area (Å²) in [5.74, 6) is -0.0775. The van der Waals surface area contributed by atoms with Crippen molar-refractivity contribution in [3.8, 4) is 17.1 Å². The van der Waals surface area contributed by atoms with Gasteiger partial charge in [0.1, 0.15) is 29.0 Å². The van der Waals surface area contributed by atoms with E-state index in [2.05, 4.69) is 19.9 Å². The molecule has 190 valence electrons. The summed E-state index contributed by atoms with van der Waals surface area (Å²) in [7, 11) is 0. The third kappa shape index (κ3) is 4.54. The summed E-state index contributed by atoms with van der Waals surface area (Å²) in [4.78, 5) is 39.6. The maximum Gasteiger partial charge on any atom is 0.332 e. The minimum Gasteiger partial charge on any atom is -0.487 e. The second-order valence-electron chi connectivity index (χ2n) is 9.08. The molecule has 0 fully saturated rings. The summed E-state index contributed by atoms with van der Waals surface area (Å²) in [6.45, 7) is 0.127. The number of hydrogen-bond acceptors (Lipinski definition) is 6. The summed E-state index contributed by atoms with van der Waals surface area (Å²) in [6, 6.07) is 20.5. The third-order valence-corrected chi connectivity index (χ3v) is 7.60. The minimum absolute atomic E-state index is 0.127. The molecule has 3 heterocycles. The van der Waals surface area contributed by atoms with Gasteiger partial charge in [-0.2, -0.15) is 0 Å². The van der Waals surface area contributed by atoms with E-state index in [0.717, 1.165) is 10.9 Å². The molecule has 0 saturated heterocycles. The van der Waals surface area contributed by atoms with Crippen LogP contribution in [-0.4, -0.2) is 49.0 Å². The van der Waals surface area contributed by atoms with Crippen LogP contribution in [0.2, 0.25) is 0 Å². The number of halogens is 1. The van der Waals surface area contributed by atoms with Crippen molar-refractivity contribution in [2.45, 2.75) is 12.0 Å². The maximum atomic E-state index is 13.5. The number of nitrogens with zero attached hydrogens (tertiary/aromatic N) is 2. The van der Waals surface area contributed by atoms with Crippen molar-refractivity contribution in [1.82, 2.24) is 15.0 Å². The number of benzene rings is 3. The molecule has 3 aromatic carbocycles. The van der Waals surface area contributed by atoms with Crippen LogP contribution < -0.4 is 10.3 Å². The van der Waals surface area contributed by atoms with Gasteiger partial charge in [-0.25, -0.2) is 14.2 Å². The monoisotopic (exact) mass is 528 g/mol. The SMILES string of the molecule is O=C(O)C1(Cc2cc3ccc(F)cc3[nH]2)CSC(COc2ccc(-c3nc4ccccc4c(=O)[nH]3)cc2)=N1. The van der Waals surface area contributed by atoms with E-state index in [-0.39, 0.29) is 30.2 Å². The standard InChI is InChI=1S/C28H21FN4O4S/c29-18-8-5-17-11-19(30-23(17)12-18)13-28(27(35)36)15-38-24(33-28)14-37-20-9-6-16(7-10-20)25-31-22-4-2-1-3-21(22)26(34)32-25/h1-12,30H,13-15H2,(H,35,36)(H,31,32,34). The Morgan fingerprint density at radius 3 is 2.71 bits per heavy atom. The van der Waals surface area contributed by atoms with E-state index in [0.29, 0.717) is 38.7 Å². The van der Waals surface area contributed by atoms with Gasteiger partial charge in [-0.15, -0.1) is 11.8 Å². The first-order valence-corrected chi connectivity index (χ1v) is 12.8. The number of aromatic nitrogens is 3. The maximum absolute atomic E-state index is 13.5. The molecule has 38 heavy (non-hydrogen) atoms. The summed E-state index contributed by atoms with van der Waals surface area (Å²) >= 11 is 1.35. The molecule has 0 saturated carbocycles. The van der Waals surface area contributed by atoms with Crippen LogP contribution in [0, 0.1) is 5.82 Å². The lowest BCUT2D eigenvalue weighted by Gasteiger charge is -2.19. The Kier molecular flexibility index (Phi) is 5.96. The lowest BCUT2D eigenvalue weighted by atomic mass is 9.96. The Labute approximate surface area is 219 Å². The number of ether oxygens (including phenoxy) is 1. The van der Waals surface area contributed by atoms with Crippen LogP contribution in [0.5, 0.6) is 5.75 Å². The predicted molar refractivity (Wildman–Crippen MR) is 146 cm³/mol. The largest absolute Gasteiger partial charge is 0.487 e. The van der Waals surface area contributed by atoms with E-state index in [4.69, 9.17) is 4.74 Å². The average Bonchev–Trinajstić information content (AvgIpc) is 3.51. The molecule has 0 aliphatic carbocycles. The smallest absolute Gasteiger partial charge is 0.332 e. The highest BCUT2D eigenvalue weighted by molar-refractivity contribution is 8.14. The molecule has 2 aromatic heterocycles. The summed E-state index contributed by atoms with van der Waals surface area (Å²) in [5.41, 5.74) is 1.10. The number of hydrogen-bond donors (Lipinski definition) is 3. The zero-order valence-electron chi connectivity index (χ0n) is 19.9. The number of rotatable bonds is 7. The first-order valence-electron chi connectivity index (χ1n) is 11.8. The highest BCUT2D eigenvalue weighted by Gasteiger charge is 2.43. The van der Waals surface area contributed by atoms with Crippen molar-refractivity contribution < 1.29 is 19.0 Å². The third-order valence-electron chi connectivity index (χ3n) is 6.44. The molecule has 0 radical (unpaired) electrons. The second kappa shape index (κ2) is 9.46. The van der Waals surface area contributed by atoms with Crippen molar-refractivity contribution in [3.63, 3.8) is 0 Å². The zero-order valence-corrected chi connectivity index (χ0v) is 20.7. The Morgan fingerprint density at radius 2 is 1.89 bits per heavy atom. The number of para-hydroxylation sites is 1. The molecule has 1 aliphatic heterocycles. The lowest BCUT2D eigenvalue weighted by Crippen LogP contribution is -2.39. The van der Waals surface area contributed by atoms with Crippen LogP contribution in [-0.2, 0) is 11.2 Å². The van der Waals surface area contributed by atoms with Gasteiger partial charge in [0.2, 0.25) is 0 Å². The van der Waals surface area contributed by atoms with Gasteiger partial charge in [0.15, 0.2) is 5.54 Å². The fourth-order valence-electron chi connectivity index (χ4n) is 4.50. The van der Waals surface area contributed by atoms with Crippen LogP contribution in [0.25, 0.3) is 33.2 Å². The molecule has 10 heteroatoms. The van der Waals surface area contributed by atoms with E-state index < -0.39 is 11.5 Å². The normalized spacial score (nSPS) is 17.1. The number of carboxylic acid groups (broad SMARTS) is 1. The van der Waals surface area contributed by atoms with Gasteiger partial charge in [-0.3, -0.25) is 9.79 Å². The molecule has 6 rings (SSSR count).